The van der Waals surface area contributed by atoms with Crippen LogP contribution in [0.15, 0.2) is 87.0 Å². The van der Waals surface area contributed by atoms with Crippen LogP contribution in [0.1, 0.15) is 11.3 Å². The Morgan fingerprint density at radius 1 is 0.938 bits per heavy atom. The van der Waals surface area contributed by atoms with Gasteiger partial charge in [0, 0.05) is 16.6 Å². The third-order valence-electron chi connectivity index (χ3n) is 5.27. The van der Waals surface area contributed by atoms with E-state index in [1.54, 1.807) is 12.1 Å². The normalized spacial score (nSPS) is 11.2. The van der Waals surface area contributed by atoms with Gasteiger partial charge in [-0.25, -0.2) is 4.79 Å². The van der Waals surface area contributed by atoms with E-state index in [-0.39, 0.29) is 24.6 Å². The van der Waals surface area contributed by atoms with Gasteiger partial charge in [0.05, 0.1) is 18.3 Å². The Morgan fingerprint density at radius 3 is 2.50 bits per heavy atom. The number of nitrogens with one attached hydrogen (secondary N) is 1. The fourth-order valence-electron chi connectivity index (χ4n) is 3.74. The number of rotatable bonds is 6. The van der Waals surface area contributed by atoms with Crippen molar-refractivity contribution in [3.63, 3.8) is 0 Å². The quantitative estimate of drug-likeness (QED) is 0.434. The summed E-state index contributed by atoms with van der Waals surface area (Å²) in [5, 5.41) is 3.64. The van der Waals surface area contributed by atoms with Gasteiger partial charge in [-0.1, -0.05) is 48.5 Å². The topological polar surface area (TPSA) is 86.2 Å². The second kappa shape index (κ2) is 8.32. The van der Waals surface area contributed by atoms with Crippen LogP contribution in [0, 0.1) is 0 Å². The van der Waals surface area contributed by atoms with Crippen molar-refractivity contribution < 1.29 is 9.21 Å². The van der Waals surface area contributed by atoms with Gasteiger partial charge in [0.2, 0.25) is 5.91 Å². The number of carbonyl (C=O) groups is 1. The Balaban J connectivity index is 1.60. The van der Waals surface area contributed by atoms with Gasteiger partial charge >= 0.3 is 5.69 Å². The third kappa shape index (κ3) is 3.65. The first-order valence-corrected chi connectivity index (χ1v) is 10.9. The molecule has 0 bridgehead atoms. The van der Waals surface area contributed by atoms with Gasteiger partial charge in [0.15, 0.2) is 0 Å². The zero-order chi connectivity index (χ0) is 22.1. The van der Waals surface area contributed by atoms with E-state index in [9.17, 15) is 14.4 Å². The molecule has 0 unspecified atom stereocenters. The van der Waals surface area contributed by atoms with E-state index in [4.69, 9.17) is 4.42 Å². The summed E-state index contributed by atoms with van der Waals surface area (Å²) in [5.74, 6) is 0.181. The smallest absolute Gasteiger partial charge is 0.332 e. The van der Waals surface area contributed by atoms with Crippen LogP contribution >= 0.6 is 11.3 Å². The first kappa shape index (κ1) is 20.0. The van der Waals surface area contributed by atoms with Crippen molar-refractivity contribution in [1.29, 1.82) is 0 Å². The number of hydrogen-bond acceptors (Lipinski definition) is 5. The highest BCUT2D eigenvalue weighted by Gasteiger charge is 2.20. The van der Waals surface area contributed by atoms with Gasteiger partial charge in [-0.2, -0.15) is 0 Å². The monoisotopic (exact) mass is 445 g/mol. The van der Waals surface area contributed by atoms with Crippen molar-refractivity contribution in [2.75, 3.05) is 0 Å². The van der Waals surface area contributed by atoms with Crippen molar-refractivity contribution in [1.82, 2.24) is 14.5 Å². The number of fused-ring (bicyclic) bond motifs is 3. The predicted octanol–water partition coefficient (Wildman–Crippen LogP) is 3.34. The maximum absolute atomic E-state index is 13.4. The van der Waals surface area contributed by atoms with Crippen LogP contribution in [0.3, 0.4) is 0 Å². The van der Waals surface area contributed by atoms with Crippen molar-refractivity contribution in [3.05, 3.63) is 105 Å². The molecule has 2 aromatic carbocycles. The van der Waals surface area contributed by atoms with Crippen LogP contribution in [0.2, 0.25) is 0 Å². The largest absolute Gasteiger partial charge is 0.467 e. The lowest BCUT2D eigenvalue weighted by atomic mass is 10.2. The van der Waals surface area contributed by atoms with Crippen LogP contribution in [-0.2, 0) is 24.4 Å². The third-order valence-corrected chi connectivity index (χ3v) is 6.42. The summed E-state index contributed by atoms with van der Waals surface area (Å²) < 4.78 is 9.18. The van der Waals surface area contributed by atoms with Crippen molar-refractivity contribution in [3.8, 4) is 0 Å². The SMILES string of the molecule is O=C(Cn1c(=O)n(Cc2ccco2)c(=O)c2sc3ccccc3c21)NCc1ccccc1. The number of benzene rings is 2. The molecule has 0 saturated heterocycles. The first-order valence-electron chi connectivity index (χ1n) is 10.1. The molecule has 0 spiro atoms. The maximum Gasteiger partial charge on any atom is 0.332 e. The molecule has 5 rings (SSSR count). The van der Waals surface area contributed by atoms with Gasteiger partial charge in [0.25, 0.3) is 5.56 Å². The summed E-state index contributed by atoms with van der Waals surface area (Å²) in [6.45, 7) is 0.163. The number of aromatic nitrogens is 2. The van der Waals surface area contributed by atoms with E-state index >= 15 is 0 Å². The molecule has 3 aromatic heterocycles. The van der Waals surface area contributed by atoms with Crippen LogP contribution < -0.4 is 16.6 Å². The standard InChI is InChI=1S/C24H19N3O4S/c28-20(25-13-16-7-2-1-3-8-16)15-26-21-18-10-4-5-11-19(18)32-22(21)23(29)27(24(26)30)14-17-9-6-12-31-17/h1-12H,13-15H2,(H,25,28). The van der Waals surface area contributed by atoms with E-state index in [1.807, 2.05) is 54.6 Å². The van der Waals surface area contributed by atoms with Gasteiger partial charge in [-0.3, -0.25) is 18.7 Å². The van der Waals surface area contributed by atoms with E-state index < -0.39 is 5.69 Å². The Morgan fingerprint density at radius 2 is 1.72 bits per heavy atom. The maximum atomic E-state index is 13.4. The molecular formula is C24H19N3O4S. The summed E-state index contributed by atoms with van der Waals surface area (Å²) in [4.78, 5) is 39.4. The van der Waals surface area contributed by atoms with Crippen molar-refractivity contribution >= 4 is 37.5 Å². The minimum Gasteiger partial charge on any atom is -0.467 e. The predicted molar refractivity (Wildman–Crippen MR) is 124 cm³/mol. The first-order chi connectivity index (χ1) is 15.6. The highest BCUT2D eigenvalue weighted by molar-refractivity contribution is 7.25. The fourth-order valence-corrected chi connectivity index (χ4v) is 4.89. The summed E-state index contributed by atoms with van der Waals surface area (Å²) in [6.07, 6.45) is 1.49. The molecule has 0 saturated carbocycles. The van der Waals surface area contributed by atoms with Crippen molar-refractivity contribution in [2.24, 2.45) is 0 Å². The molecule has 3 heterocycles. The number of thiophene rings is 1. The van der Waals surface area contributed by atoms with Gasteiger partial charge in [-0.15, -0.1) is 11.3 Å². The molecule has 0 aliphatic carbocycles. The number of amides is 1. The van der Waals surface area contributed by atoms with E-state index in [0.717, 1.165) is 20.2 Å². The molecule has 0 aliphatic rings. The number of nitrogens with zero attached hydrogens (tertiary/aromatic N) is 2. The van der Waals surface area contributed by atoms with Crippen molar-refractivity contribution in [2.45, 2.75) is 19.6 Å². The Kier molecular flexibility index (Phi) is 5.20. The fraction of sp³-hybridized carbons (Fsp3) is 0.125. The molecule has 0 aliphatic heterocycles. The molecular weight excluding hydrogens is 426 g/mol. The molecule has 1 amide bonds. The number of carbonyl (C=O) groups excluding carboxylic acids is 1. The molecule has 8 heteroatoms. The molecule has 1 N–H and O–H groups in total. The van der Waals surface area contributed by atoms with Gasteiger partial charge in [0.1, 0.15) is 17.0 Å². The number of hydrogen-bond donors (Lipinski definition) is 1. The molecule has 160 valence electrons. The molecule has 32 heavy (non-hydrogen) atoms. The average molecular weight is 446 g/mol. The summed E-state index contributed by atoms with van der Waals surface area (Å²) >= 11 is 1.32. The van der Waals surface area contributed by atoms with Gasteiger partial charge in [-0.05, 0) is 23.8 Å². The van der Waals surface area contributed by atoms with Crippen LogP contribution in [0.4, 0.5) is 0 Å². The van der Waals surface area contributed by atoms with Crippen LogP contribution in [-0.4, -0.2) is 15.0 Å². The van der Waals surface area contributed by atoms with E-state index in [1.165, 1.54) is 22.2 Å². The average Bonchev–Trinajstić information content (AvgIpc) is 3.47. The molecule has 0 radical (unpaired) electrons. The second-order valence-corrected chi connectivity index (χ2v) is 8.43. The van der Waals surface area contributed by atoms with Crippen LogP contribution in [0.5, 0.6) is 0 Å². The lowest BCUT2D eigenvalue weighted by Crippen LogP contribution is -2.42. The zero-order valence-corrected chi connectivity index (χ0v) is 17.8. The minimum absolute atomic E-state index is 0.000482. The lowest BCUT2D eigenvalue weighted by Gasteiger charge is -2.12. The molecule has 5 aromatic rings. The Labute approximate surface area is 186 Å². The highest BCUT2D eigenvalue weighted by atomic mass is 32.1. The minimum atomic E-state index is -0.544. The van der Waals surface area contributed by atoms with Gasteiger partial charge < -0.3 is 9.73 Å². The van der Waals surface area contributed by atoms with E-state index in [0.29, 0.717) is 22.5 Å². The second-order valence-electron chi connectivity index (χ2n) is 7.38. The Bertz CT molecular complexity index is 1530. The molecule has 7 nitrogen and oxygen atoms in total. The summed E-state index contributed by atoms with van der Waals surface area (Å²) in [6, 6.07) is 20.5. The van der Waals surface area contributed by atoms with Crippen LogP contribution in [0.25, 0.3) is 20.3 Å². The number of furan rings is 1. The summed E-state index contributed by atoms with van der Waals surface area (Å²) in [7, 11) is 0. The summed E-state index contributed by atoms with van der Waals surface area (Å²) in [5.41, 5.74) is 0.522. The zero-order valence-electron chi connectivity index (χ0n) is 17.0. The molecule has 0 atom stereocenters. The highest BCUT2D eigenvalue weighted by Crippen LogP contribution is 2.30. The lowest BCUT2D eigenvalue weighted by molar-refractivity contribution is -0.121. The Hall–Kier alpha value is -3.91. The van der Waals surface area contributed by atoms with E-state index in [2.05, 4.69) is 5.32 Å². The molecule has 0 fully saturated rings.